The van der Waals surface area contributed by atoms with Gasteiger partial charge in [-0.25, -0.2) is 0 Å². The van der Waals surface area contributed by atoms with Gasteiger partial charge in [0.15, 0.2) is 0 Å². The molecule has 0 aromatic carbocycles. The van der Waals surface area contributed by atoms with Crippen LogP contribution in [0.2, 0.25) is 0 Å². The number of aryl methyl sites for hydroxylation is 1. The topological polar surface area (TPSA) is 38.3 Å². The number of furan rings is 1. The van der Waals surface area contributed by atoms with Crippen LogP contribution in [-0.4, -0.2) is 9.67 Å². The molecule has 3 nitrogen and oxygen atoms in total. The van der Waals surface area contributed by atoms with Gasteiger partial charge in [0, 0.05) is 11.4 Å². The van der Waals surface area contributed by atoms with E-state index in [2.05, 4.69) is 4.57 Å². The van der Waals surface area contributed by atoms with Crippen molar-refractivity contribution in [2.24, 2.45) is 0 Å². The minimum absolute atomic E-state index is 0.0951. The Morgan fingerprint density at radius 2 is 2.20 bits per heavy atom. The molecule has 2 heterocycles. The Balaban J connectivity index is 2.32. The maximum absolute atomic E-state index is 9.15. The molecule has 0 aliphatic heterocycles. The molecule has 0 aliphatic carbocycles. The Bertz CT molecular complexity index is 440. The van der Waals surface area contributed by atoms with E-state index in [4.69, 9.17) is 9.52 Å². The van der Waals surface area contributed by atoms with Gasteiger partial charge >= 0.3 is 0 Å². The number of hydrogen-bond acceptors (Lipinski definition) is 2. The van der Waals surface area contributed by atoms with Crippen LogP contribution in [0.15, 0.2) is 28.9 Å². The molecule has 0 saturated carbocycles. The summed E-state index contributed by atoms with van der Waals surface area (Å²) in [6.07, 6.45) is 1.68. The summed E-state index contributed by atoms with van der Waals surface area (Å²) in [6.45, 7) is 4.87. The van der Waals surface area contributed by atoms with Gasteiger partial charge in [-0.15, -0.1) is 0 Å². The van der Waals surface area contributed by atoms with Crippen LogP contribution in [0.5, 0.6) is 0 Å². The van der Waals surface area contributed by atoms with Crippen molar-refractivity contribution in [2.45, 2.75) is 27.0 Å². The van der Waals surface area contributed by atoms with Gasteiger partial charge in [-0.1, -0.05) is 0 Å². The summed E-state index contributed by atoms with van der Waals surface area (Å²) in [7, 11) is 0. The van der Waals surface area contributed by atoms with Crippen LogP contribution in [-0.2, 0) is 13.2 Å². The van der Waals surface area contributed by atoms with Gasteiger partial charge < -0.3 is 14.1 Å². The highest BCUT2D eigenvalue weighted by atomic mass is 16.3. The highest BCUT2D eigenvalue weighted by Crippen LogP contribution is 2.17. The van der Waals surface area contributed by atoms with Gasteiger partial charge in [0.1, 0.15) is 5.76 Å². The molecule has 0 bridgehead atoms. The summed E-state index contributed by atoms with van der Waals surface area (Å²) in [6, 6.07) is 5.85. The van der Waals surface area contributed by atoms with E-state index in [1.165, 1.54) is 0 Å². The van der Waals surface area contributed by atoms with Crippen molar-refractivity contribution in [3.63, 3.8) is 0 Å². The fraction of sp³-hybridized carbons (Fsp3) is 0.333. The van der Waals surface area contributed by atoms with Crippen LogP contribution in [0.3, 0.4) is 0 Å². The third-order valence-electron chi connectivity index (χ3n) is 2.74. The minimum Gasteiger partial charge on any atom is -0.467 e. The van der Waals surface area contributed by atoms with Crippen LogP contribution in [0.4, 0.5) is 0 Å². The zero-order chi connectivity index (χ0) is 10.8. The average molecular weight is 205 g/mol. The Morgan fingerprint density at radius 3 is 2.73 bits per heavy atom. The van der Waals surface area contributed by atoms with Gasteiger partial charge in [-0.05, 0) is 37.6 Å². The van der Waals surface area contributed by atoms with Crippen LogP contribution >= 0.6 is 0 Å². The quantitative estimate of drug-likeness (QED) is 0.834. The highest BCUT2D eigenvalue weighted by molar-refractivity contribution is 5.26. The number of aliphatic hydroxyl groups excluding tert-OH is 1. The van der Waals surface area contributed by atoms with Crippen molar-refractivity contribution < 1.29 is 9.52 Å². The maximum atomic E-state index is 9.15. The molecule has 0 saturated heterocycles. The molecule has 0 spiro atoms. The molecule has 0 radical (unpaired) electrons. The number of aromatic nitrogens is 1. The Kier molecular flexibility index (Phi) is 2.64. The van der Waals surface area contributed by atoms with Gasteiger partial charge in [0.05, 0.1) is 19.4 Å². The monoisotopic (exact) mass is 205 g/mol. The predicted octanol–water partition coefficient (Wildman–Crippen LogP) is 2.24. The molecule has 80 valence electrons. The van der Waals surface area contributed by atoms with Crippen LogP contribution < -0.4 is 0 Å². The molecule has 2 aromatic heterocycles. The van der Waals surface area contributed by atoms with Crippen molar-refractivity contribution in [3.8, 4) is 0 Å². The van der Waals surface area contributed by atoms with Crippen molar-refractivity contribution in [2.75, 3.05) is 0 Å². The molecular weight excluding hydrogens is 190 g/mol. The third-order valence-corrected chi connectivity index (χ3v) is 2.74. The van der Waals surface area contributed by atoms with Gasteiger partial charge in [0.25, 0.3) is 0 Å². The second-order valence-corrected chi connectivity index (χ2v) is 3.72. The largest absolute Gasteiger partial charge is 0.467 e. The van der Waals surface area contributed by atoms with Gasteiger partial charge in [0.2, 0.25) is 0 Å². The lowest BCUT2D eigenvalue weighted by Gasteiger charge is -2.07. The van der Waals surface area contributed by atoms with Crippen molar-refractivity contribution in [3.05, 3.63) is 47.2 Å². The molecule has 1 N–H and O–H groups in total. The van der Waals surface area contributed by atoms with E-state index < -0.39 is 0 Å². The molecule has 0 unspecified atom stereocenters. The highest BCUT2D eigenvalue weighted by Gasteiger charge is 2.09. The normalized spacial score (nSPS) is 10.9. The van der Waals surface area contributed by atoms with Crippen LogP contribution in [0.1, 0.15) is 22.7 Å². The fourth-order valence-electron chi connectivity index (χ4n) is 1.83. The maximum Gasteiger partial charge on any atom is 0.123 e. The standard InChI is InChI=1S/C12H15NO2/c1-9-6-11(8-14)10(2)13(9)7-12-4-3-5-15-12/h3-6,14H,7-8H2,1-2H3. The van der Waals surface area contributed by atoms with E-state index in [-0.39, 0.29) is 6.61 Å². The van der Waals surface area contributed by atoms with E-state index in [0.717, 1.165) is 29.3 Å². The molecule has 0 aliphatic rings. The summed E-state index contributed by atoms with van der Waals surface area (Å²) >= 11 is 0. The lowest BCUT2D eigenvalue weighted by molar-refractivity contribution is 0.280. The van der Waals surface area contributed by atoms with E-state index in [9.17, 15) is 0 Å². The number of rotatable bonds is 3. The molecule has 2 rings (SSSR count). The average Bonchev–Trinajstić information content (AvgIpc) is 2.81. The summed E-state index contributed by atoms with van der Waals surface area (Å²) in [5.74, 6) is 0.932. The lowest BCUT2D eigenvalue weighted by atomic mass is 10.2. The molecule has 2 aromatic rings. The summed E-state index contributed by atoms with van der Waals surface area (Å²) in [5, 5.41) is 9.15. The number of aliphatic hydroxyl groups is 1. The minimum atomic E-state index is 0.0951. The second-order valence-electron chi connectivity index (χ2n) is 3.72. The van der Waals surface area contributed by atoms with Crippen LogP contribution in [0, 0.1) is 13.8 Å². The first-order valence-corrected chi connectivity index (χ1v) is 5.01. The fourth-order valence-corrected chi connectivity index (χ4v) is 1.83. The van der Waals surface area contributed by atoms with Crippen molar-refractivity contribution >= 4 is 0 Å². The van der Waals surface area contributed by atoms with E-state index in [1.54, 1.807) is 6.26 Å². The zero-order valence-electron chi connectivity index (χ0n) is 9.03. The molecular formula is C12H15NO2. The first-order chi connectivity index (χ1) is 7.22. The predicted molar refractivity (Wildman–Crippen MR) is 57.6 cm³/mol. The van der Waals surface area contributed by atoms with Gasteiger partial charge in [-0.2, -0.15) is 0 Å². The lowest BCUT2D eigenvalue weighted by Crippen LogP contribution is -2.03. The van der Waals surface area contributed by atoms with Crippen molar-refractivity contribution in [1.82, 2.24) is 4.57 Å². The summed E-state index contributed by atoms with van der Waals surface area (Å²) < 4.78 is 7.45. The van der Waals surface area contributed by atoms with E-state index in [0.29, 0.717) is 0 Å². The van der Waals surface area contributed by atoms with Gasteiger partial charge in [-0.3, -0.25) is 0 Å². The second kappa shape index (κ2) is 3.95. The van der Waals surface area contributed by atoms with E-state index >= 15 is 0 Å². The molecule has 0 fully saturated rings. The number of nitrogens with zero attached hydrogens (tertiary/aromatic N) is 1. The molecule has 3 heteroatoms. The first-order valence-electron chi connectivity index (χ1n) is 5.01. The first kappa shape index (κ1) is 10.1. The summed E-state index contributed by atoms with van der Waals surface area (Å²) in [4.78, 5) is 0. The third kappa shape index (κ3) is 1.83. The molecule has 0 amide bonds. The Hall–Kier alpha value is -1.48. The summed E-state index contributed by atoms with van der Waals surface area (Å²) in [5.41, 5.74) is 3.23. The Morgan fingerprint density at radius 1 is 1.40 bits per heavy atom. The zero-order valence-corrected chi connectivity index (χ0v) is 9.03. The van der Waals surface area contributed by atoms with E-state index in [1.807, 2.05) is 32.0 Å². The Labute approximate surface area is 89.0 Å². The molecule has 0 atom stereocenters. The SMILES string of the molecule is Cc1cc(CO)c(C)n1Cc1ccco1. The van der Waals surface area contributed by atoms with Crippen molar-refractivity contribution in [1.29, 1.82) is 0 Å². The van der Waals surface area contributed by atoms with Crippen LogP contribution in [0.25, 0.3) is 0 Å². The smallest absolute Gasteiger partial charge is 0.123 e. The number of hydrogen-bond donors (Lipinski definition) is 1. The molecule has 15 heavy (non-hydrogen) atoms.